The van der Waals surface area contributed by atoms with Crippen molar-refractivity contribution >= 4 is 55.7 Å². The molecule has 0 saturated heterocycles. The summed E-state index contributed by atoms with van der Waals surface area (Å²) in [6.07, 6.45) is 0.114. The van der Waals surface area contributed by atoms with Crippen LogP contribution in [0.1, 0.15) is 32.2 Å². The zero-order valence-corrected chi connectivity index (χ0v) is 23.2. The predicted molar refractivity (Wildman–Crippen MR) is 147 cm³/mol. The molecule has 0 atom stereocenters. The minimum absolute atomic E-state index is 0.0311. The number of hydrogen-bond acceptors (Lipinski definition) is 5. The Bertz CT molecular complexity index is 1580. The second-order valence-electron chi connectivity index (χ2n) is 9.16. The van der Waals surface area contributed by atoms with Gasteiger partial charge in [0.05, 0.1) is 38.1 Å². The Labute approximate surface area is 226 Å². The number of nitrogens with one attached hydrogen (secondary N) is 1. The molecule has 0 aliphatic rings. The Hall–Kier alpha value is -3.07. The first-order valence-corrected chi connectivity index (χ1v) is 14.0. The molecule has 3 aromatic carbocycles. The number of fused-ring (bicyclic) bond motifs is 1. The van der Waals surface area contributed by atoms with Crippen molar-refractivity contribution in [3.63, 3.8) is 0 Å². The topological polar surface area (TPSA) is 90.3 Å². The lowest BCUT2D eigenvalue weighted by atomic mass is 10.1. The summed E-state index contributed by atoms with van der Waals surface area (Å²) in [4.78, 5) is 17.7. The number of amides is 1. The smallest absolute Gasteiger partial charge is 0.228 e. The minimum Gasteiger partial charge on any atom is -0.480 e. The summed E-state index contributed by atoms with van der Waals surface area (Å²) >= 11 is 12.1. The molecular weight excluding hydrogens is 533 g/mol. The zero-order valence-electron chi connectivity index (χ0n) is 20.9. The van der Waals surface area contributed by atoms with Gasteiger partial charge in [-0.25, -0.2) is 13.4 Å². The number of rotatable bonds is 8. The normalized spacial score (nSPS) is 12.1. The van der Waals surface area contributed by atoms with Gasteiger partial charge in [0.2, 0.25) is 5.91 Å². The molecule has 0 fully saturated rings. The molecule has 10 heteroatoms. The van der Waals surface area contributed by atoms with Crippen molar-refractivity contribution in [1.29, 1.82) is 0 Å². The maximum absolute atomic E-state index is 12.6. The number of ether oxygens (including phenoxy) is 1. The van der Waals surface area contributed by atoms with Crippen molar-refractivity contribution in [2.45, 2.75) is 37.7 Å². The number of imidazole rings is 1. The molecular formula is C27H27Cl2N3O4S. The Morgan fingerprint density at radius 1 is 1.03 bits per heavy atom. The SMILES string of the molecule is CCS(=O)(=O)c1ccc(CC(=O)Nc2ccc3c(c2)nc(C(C)(C)Oc2ccc(Cl)c(Cl)c2)n3C)cc1. The Morgan fingerprint density at radius 2 is 1.73 bits per heavy atom. The molecule has 1 heterocycles. The highest BCUT2D eigenvalue weighted by atomic mass is 35.5. The third-order valence-electron chi connectivity index (χ3n) is 5.99. The molecule has 194 valence electrons. The first kappa shape index (κ1) is 27.0. The number of carbonyl (C=O) groups is 1. The van der Waals surface area contributed by atoms with Gasteiger partial charge >= 0.3 is 0 Å². The number of nitrogens with zero attached hydrogens (tertiary/aromatic N) is 2. The highest BCUT2D eigenvalue weighted by Gasteiger charge is 2.29. The fraction of sp³-hybridized carbons (Fsp3) is 0.259. The average molecular weight is 561 g/mol. The van der Waals surface area contributed by atoms with Gasteiger partial charge in [-0.3, -0.25) is 4.79 Å². The molecule has 0 aliphatic carbocycles. The highest BCUT2D eigenvalue weighted by molar-refractivity contribution is 7.91. The summed E-state index contributed by atoms with van der Waals surface area (Å²) < 4.78 is 32.1. The van der Waals surface area contributed by atoms with Crippen molar-refractivity contribution in [3.05, 3.63) is 82.1 Å². The summed E-state index contributed by atoms with van der Waals surface area (Å²) in [7, 11) is -1.37. The van der Waals surface area contributed by atoms with E-state index in [-0.39, 0.29) is 23.0 Å². The Kier molecular flexibility index (Phi) is 7.55. The first-order chi connectivity index (χ1) is 17.4. The number of halogens is 2. The number of aryl methyl sites for hydroxylation is 1. The second kappa shape index (κ2) is 10.4. The van der Waals surface area contributed by atoms with Gasteiger partial charge in [0.1, 0.15) is 5.75 Å². The van der Waals surface area contributed by atoms with E-state index in [1.54, 1.807) is 37.3 Å². The van der Waals surface area contributed by atoms with E-state index < -0.39 is 15.4 Å². The molecule has 0 spiro atoms. The molecule has 0 unspecified atom stereocenters. The molecule has 4 rings (SSSR count). The van der Waals surface area contributed by atoms with Crippen molar-refractivity contribution in [1.82, 2.24) is 9.55 Å². The minimum atomic E-state index is -3.28. The Morgan fingerprint density at radius 3 is 2.38 bits per heavy atom. The average Bonchev–Trinajstić information content (AvgIpc) is 3.18. The maximum atomic E-state index is 12.6. The summed E-state index contributed by atoms with van der Waals surface area (Å²) in [5.41, 5.74) is 2.12. The first-order valence-electron chi connectivity index (χ1n) is 11.6. The van der Waals surface area contributed by atoms with Crippen molar-refractivity contribution in [2.24, 2.45) is 7.05 Å². The fourth-order valence-electron chi connectivity index (χ4n) is 4.07. The molecule has 37 heavy (non-hydrogen) atoms. The number of anilines is 1. The predicted octanol–water partition coefficient (Wildman–Crippen LogP) is 6.17. The van der Waals surface area contributed by atoms with Gasteiger partial charge in [0.15, 0.2) is 21.3 Å². The van der Waals surface area contributed by atoms with Crippen LogP contribution in [0.5, 0.6) is 5.75 Å². The largest absolute Gasteiger partial charge is 0.480 e. The standard InChI is InChI=1S/C27H27Cl2N3O4S/c1-5-37(34,35)20-10-6-17(7-11-20)14-25(33)30-18-8-13-24-23(15-18)31-26(32(24)4)27(2,3)36-19-9-12-21(28)22(29)16-19/h6-13,15-16H,5,14H2,1-4H3,(H,30,33). The molecule has 1 amide bonds. The van der Waals surface area contributed by atoms with Crippen LogP contribution in [0.25, 0.3) is 11.0 Å². The van der Waals surface area contributed by atoms with Crippen molar-refractivity contribution in [3.8, 4) is 5.75 Å². The highest BCUT2D eigenvalue weighted by Crippen LogP contribution is 2.33. The van der Waals surface area contributed by atoms with Gasteiger partial charge in [-0.15, -0.1) is 0 Å². The lowest BCUT2D eigenvalue weighted by molar-refractivity contribution is -0.115. The van der Waals surface area contributed by atoms with E-state index in [1.165, 1.54) is 12.1 Å². The lowest BCUT2D eigenvalue weighted by Gasteiger charge is -2.26. The number of benzene rings is 3. The van der Waals surface area contributed by atoms with E-state index in [4.69, 9.17) is 32.9 Å². The molecule has 0 aliphatic heterocycles. The number of hydrogen-bond donors (Lipinski definition) is 1. The van der Waals surface area contributed by atoms with Crippen LogP contribution in [-0.4, -0.2) is 29.6 Å². The molecule has 0 radical (unpaired) electrons. The van der Waals surface area contributed by atoms with Crippen LogP contribution in [0, 0.1) is 0 Å². The van der Waals surface area contributed by atoms with Crippen LogP contribution in [0.4, 0.5) is 5.69 Å². The van der Waals surface area contributed by atoms with Gasteiger partial charge < -0.3 is 14.6 Å². The maximum Gasteiger partial charge on any atom is 0.228 e. The van der Waals surface area contributed by atoms with E-state index in [1.807, 2.05) is 43.7 Å². The van der Waals surface area contributed by atoms with E-state index in [0.29, 0.717) is 32.8 Å². The van der Waals surface area contributed by atoms with Crippen molar-refractivity contribution in [2.75, 3.05) is 11.1 Å². The van der Waals surface area contributed by atoms with Gasteiger partial charge in [0.25, 0.3) is 0 Å². The van der Waals surface area contributed by atoms with Crippen LogP contribution in [-0.2, 0) is 33.7 Å². The molecule has 1 aromatic heterocycles. The van der Waals surface area contributed by atoms with E-state index >= 15 is 0 Å². The van der Waals surface area contributed by atoms with Gasteiger partial charge in [-0.1, -0.05) is 42.3 Å². The van der Waals surface area contributed by atoms with Crippen LogP contribution in [0.15, 0.2) is 65.6 Å². The van der Waals surface area contributed by atoms with Gasteiger partial charge in [0, 0.05) is 18.8 Å². The van der Waals surface area contributed by atoms with Crippen LogP contribution >= 0.6 is 23.2 Å². The van der Waals surface area contributed by atoms with Crippen LogP contribution in [0.3, 0.4) is 0 Å². The Balaban J connectivity index is 1.50. The van der Waals surface area contributed by atoms with E-state index in [2.05, 4.69) is 5.32 Å². The number of aromatic nitrogens is 2. The summed E-state index contributed by atoms with van der Waals surface area (Å²) in [6.45, 7) is 5.43. The van der Waals surface area contributed by atoms with E-state index in [0.717, 1.165) is 11.1 Å². The molecule has 0 bridgehead atoms. The zero-order chi connectivity index (χ0) is 27.0. The fourth-order valence-corrected chi connectivity index (χ4v) is 5.24. The van der Waals surface area contributed by atoms with Gasteiger partial charge in [-0.2, -0.15) is 0 Å². The third kappa shape index (κ3) is 5.92. The molecule has 4 aromatic rings. The molecule has 0 saturated carbocycles. The van der Waals surface area contributed by atoms with Crippen molar-refractivity contribution < 1.29 is 17.9 Å². The number of carbonyl (C=O) groups excluding carboxylic acids is 1. The van der Waals surface area contributed by atoms with Crippen LogP contribution in [0.2, 0.25) is 10.0 Å². The quantitative estimate of drug-likeness (QED) is 0.279. The summed E-state index contributed by atoms with van der Waals surface area (Å²) in [6, 6.07) is 17.0. The van der Waals surface area contributed by atoms with Crippen LogP contribution < -0.4 is 10.1 Å². The van der Waals surface area contributed by atoms with E-state index in [9.17, 15) is 13.2 Å². The monoisotopic (exact) mass is 559 g/mol. The molecule has 7 nitrogen and oxygen atoms in total. The second-order valence-corrected chi connectivity index (χ2v) is 12.3. The summed E-state index contributed by atoms with van der Waals surface area (Å²) in [5.74, 6) is 1.08. The summed E-state index contributed by atoms with van der Waals surface area (Å²) in [5, 5.41) is 3.75. The third-order valence-corrected chi connectivity index (χ3v) is 8.48. The molecule has 1 N–H and O–H groups in total. The van der Waals surface area contributed by atoms with Gasteiger partial charge in [-0.05, 0) is 61.9 Å². The number of sulfone groups is 1. The lowest BCUT2D eigenvalue weighted by Crippen LogP contribution is -2.29.